The molecule has 160 valence electrons. The highest BCUT2D eigenvalue weighted by Gasteiger charge is 2.50. The second-order valence-corrected chi connectivity index (χ2v) is 9.58. The number of hydrogen-bond acceptors (Lipinski definition) is 4. The first-order chi connectivity index (χ1) is 14.0. The summed E-state index contributed by atoms with van der Waals surface area (Å²) in [7, 11) is 0. The van der Waals surface area contributed by atoms with Gasteiger partial charge >= 0.3 is 5.97 Å². The number of carbonyl (C=O) groups excluding carboxylic acids is 1. The van der Waals surface area contributed by atoms with Crippen LogP contribution in [0.2, 0.25) is 0 Å². The molecular formula is C23H33NO4S. The summed E-state index contributed by atoms with van der Waals surface area (Å²) < 4.78 is 0. The Morgan fingerprint density at radius 2 is 2.00 bits per heavy atom. The molecule has 1 saturated carbocycles. The van der Waals surface area contributed by atoms with Gasteiger partial charge in [-0.3, -0.25) is 9.59 Å². The van der Waals surface area contributed by atoms with E-state index < -0.39 is 5.97 Å². The third-order valence-electron chi connectivity index (χ3n) is 6.39. The largest absolute Gasteiger partial charge is 0.481 e. The monoisotopic (exact) mass is 419 g/mol. The molecule has 2 N–H and O–H groups in total. The van der Waals surface area contributed by atoms with Crippen LogP contribution >= 0.6 is 11.8 Å². The number of hydrogen-bond donors (Lipinski definition) is 2. The SMILES string of the molecule is O=C(O)CCCSCCN1C(=O)CCCC1CCC(O)C1(c2ccccc2)CC1. The molecule has 2 fully saturated rings. The van der Waals surface area contributed by atoms with E-state index in [0.717, 1.165) is 56.6 Å². The number of nitrogens with zero attached hydrogens (tertiary/aromatic N) is 1. The molecule has 1 aromatic rings. The lowest BCUT2D eigenvalue weighted by molar-refractivity contribution is -0.137. The Bertz CT molecular complexity index is 677. The van der Waals surface area contributed by atoms with Crippen LogP contribution in [-0.2, 0) is 15.0 Å². The van der Waals surface area contributed by atoms with Gasteiger partial charge in [-0.15, -0.1) is 0 Å². The minimum atomic E-state index is -0.751. The molecular weight excluding hydrogens is 386 g/mol. The maximum atomic E-state index is 12.5. The smallest absolute Gasteiger partial charge is 0.303 e. The zero-order chi connectivity index (χ0) is 20.7. The Balaban J connectivity index is 1.46. The molecule has 3 rings (SSSR count). The zero-order valence-corrected chi connectivity index (χ0v) is 17.9. The molecule has 1 saturated heterocycles. The number of likely N-dealkylation sites (tertiary alicyclic amines) is 1. The van der Waals surface area contributed by atoms with E-state index in [1.807, 2.05) is 23.1 Å². The number of carboxylic acids is 1. The average molecular weight is 420 g/mol. The zero-order valence-electron chi connectivity index (χ0n) is 17.1. The fourth-order valence-electron chi connectivity index (χ4n) is 4.54. The van der Waals surface area contributed by atoms with Crippen molar-refractivity contribution in [1.82, 2.24) is 4.90 Å². The number of carboxylic acid groups (broad SMARTS) is 1. The number of amides is 1. The molecule has 2 unspecified atom stereocenters. The van der Waals surface area contributed by atoms with Gasteiger partial charge in [0.1, 0.15) is 0 Å². The summed E-state index contributed by atoms with van der Waals surface area (Å²) in [4.78, 5) is 25.1. The van der Waals surface area contributed by atoms with Crippen LogP contribution in [-0.4, -0.2) is 57.2 Å². The Labute approximate surface area is 177 Å². The van der Waals surface area contributed by atoms with Gasteiger partial charge in [0.2, 0.25) is 5.91 Å². The highest BCUT2D eigenvalue weighted by molar-refractivity contribution is 7.99. The molecule has 5 nitrogen and oxygen atoms in total. The Hall–Kier alpha value is -1.53. The standard InChI is InChI=1S/C23H33NO4S/c25-20(23(13-14-23)18-6-2-1-3-7-18)12-11-19-8-4-9-21(26)24(19)15-17-29-16-5-10-22(27)28/h1-3,6-7,19-20,25H,4-5,8-17H2,(H,27,28). The van der Waals surface area contributed by atoms with Crippen LogP contribution in [0.15, 0.2) is 30.3 Å². The molecule has 2 atom stereocenters. The molecule has 0 aromatic heterocycles. The van der Waals surface area contributed by atoms with Crippen molar-refractivity contribution >= 4 is 23.6 Å². The minimum absolute atomic E-state index is 0.0786. The summed E-state index contributed by atoms with van der Waals surface area (Å²) in [6.07, 6.45) is 6.76. The van der Waals surface area contributed by atoms with Crippen molar-refractivity contribution < 1.29 is 19.8 Å². The molecule has 0 bridgehead atoms. The minimum Gasteiger partial charge on any atom is -0.481 e. The van der Waals surface area contributed by atoms with Gasteiger partial charge in [0.05, 0.1) is 6.10 Å². The van der Waals surface area contributed by atoms with Gasteiger partial charge < -0.3 is 15.1 Å². The first-order valence-electron chi connectivity index (χ1n) is 10.9. The fourth-order valence-corrected chi connectivity index (χ4v) is 5.41. The van der Waals surface area contributed by atoms with E-state index in [1.165, 1.54) is 5.56 Å². The van der Waals surface area contributed by atoms with E-state index in [2.05, 4.69) is 12.1 Å². The normalized spacial score (nSPS) is 21.8. The lowest BCUT2D eigenvalue weighted by Gasteiger charge is -2.37. The fraction of sp³-hybridized carbons (Fsp3) is 0.652. The van der Waals surface area contributed by atoms with Crippen molar-refractivity contribution in [3.05, 3.63) is 35.9 Å². The Morgan fingerprint density at radius 3 is 2.69 bits per heavy atom. The number of benzene rings is 1. The number of aliphatic hydroxyl groups is 1. The van der Waals surface area contributed by atoms with Crippen LogP contribution in [0.5, 0.6) is 0 Å². The number of thioether (sulfide) groups is 1. The lowest BCUT2D eigenvalue weighted by atomic mass is 9.85. The number of carbonyl (C=O) groups is 2. The number of rotatable bonds is 12. The predicted molar refractivity (Wildman–Crippen MR) is 116 cm³/mol. The molecule has 1 aromatic carbocycles. The molecule has 1 aliphatic heterocycles. The van der Waals surface area contributed by atoms with E-state index in [1.54, 1.807) is 11.8 Å². The average Bonchev–Trinajstić information content (AvgIpc) is 3.52. The van der Waals surface area contributed by atoms with Gasteiger partial charge in [-0.05, 0) is 56.3 Å². The van der Waals surface area contributed by atoms with Crippen LogP contribution in [0.3, 0.4) is 0 Å². The second kappa shape index (κ2) is 10.5. The molecule has 29 heavy (non-hydrogen) atoms. The third-order valence-corrected chi connectivity index (χ3v) is 7.44. The van der Waals surface area contributed by atoms with Gasteiger partial charge in [0, 0.05) is 36.6 Å². The molecule has 0 spiro atoms. The molecule has 1 amide bonds. The molecule has 6 heteroatoms. The first-order valence-corrected chi connectivity index (χ1v) is 12.0. The van der Waals surface area contributed by atoms with E-state index >= 15 is 0 Å². The van der Waals surface area contributed by atoms with Gasteiger partial charge in [0.15, 0.2) is 0 Å². The maximum Gasteiger partial charge on any atom is 0.303 e. The van der Waals surface area contributed by atoms with Crippen LogP contribution in [0.1, 0.15) is 63.4 Å². The highest BCUT2D eigenvalue weighted by atomic mass is 32.2. The lowest BCUT2D eigenvalue weighted by Crippen LogP contribution is -2.45. The van der Waals surface area contributed by atoms with Gasteiger partial charge in [-0.1, -0.05) is 30.3 Å². The van der Waals surface area contributed by atoms with Crippen molar-refractivity contribution in [2.24, 2.45) is 0 Å². The summed E-state index contributed by atoms with van der Waals surface area (Å²) in [5, 5.41) is 19.6. The van der Waals surface area contributed by atoms with Crippen molar-refractivity contribution in [3.63, 3.8) is 0 Å². The van der Waals surface area contributed by atoms with Gasteiger partial charge in [0.25, 0.3) is 0 Å². The van der Waals surface area contributed by atoms with Crippen molar-refractivity contribution in [2.75, 3.05) is 18.1 Å². The van der Waals surface area contributed by atoms with Crippen LogP contribution in [0, 0.1) is 0 Å². The van der Waals surface area contributed by atoms with Crippen molar-refractivity contribution in [1.29, 1.82) is 0 Å². The second-order valence-electron chi connectivity index (χ2n) is 8.36. The third kappa shape index (κ3) is 5.98. The molecule has 2 aliphatic rings. The van der Waals surface area contributed by atoms with Gasteiger partial charge in [-0.25, -0.2) is 0 Å². The summed E-state index contributed by atoms with van der Waals surface area (Å²) in [6, 6.07) is 10.5. The summed E-state index contributed by atoms with van der Waals surface area (Å²) in [5.74, 6) is 1.14. The van der Waals surface area contributed by atoms with Gasteiger partial charge in [-0.2, -0.15) is 11.8 Å². The highest BCUT2D eigenvalue weighted by Crippen LogP contribution is 2.52. The quantitative estimate of drug-likeness (QED) is 0.503. The molecule has 0 radical (unpaired) electrons. The maximum absolute atomic E-state index is 12.5. The summed E-state index contributed by atoms with van der Waals surface area (Å²) in [6.45, 7) is 0.723. The van der Waals surface area contributed by atoms with Crippen LogP contribution < -0.4 is 0 Å². The van der Waals surface area contributed by atoms with Crippen molar-refractivity contribution in [2.45, 2.75) is 75.3 Å². The van der Waals surface area contributed by atoms with Crippen molar-refractivity contribution in [3.8, 4) is 0 Å². The van der Waals surface area contributed by atoms with E-state index in [-0.39, 0.29) is 29.9 Å². The van der Waals surface area contributed by atoms with Crippen LogP contribution in [0.4, 0.5) is 0 Å². The number of aliphatic hydroxyl groups excluding tert-OH is 1. The number of aliphatic carboxylic acids is 1. The number of piperidine rings is 1. The summed E-state index contributed by atoms with van der Waals surface area (Å²) >= 11 is 1.72. The van der Waals surface area contributed by atoms with E-state index in [4.69, 9.17) is 5.11 Å². The van der Waals surface area contributed by atoms with Crippen LogP contribution in [0.25, 0.3) is 0 Å². The van der Waals surface area contributed by atoms with E-state index in [9.17, 15) is 14.7 Å². The Kier molecular flexibility index (Phi) is 8.01. The molecule has 1 heterocycles. The topological polar surface area (TPSA) is 77.8 Å². The van der Waals surface area contributed by atoms with E-state index in [0.29, 0.717) is 12.8 Å². The summed E-state index contributed by atoms with van der Waals surface area (Å²) in [5.41, 5.74) is 1.16. The Morgan fingerprint density at radius 1 is 1.24 bits per heavy atom. The predicted octanol–water partition coefficient (Wildman–Crippen LogP) is 3.84. The first kappa shape index (κ1) is 22.2. The molecule has 1 aliphatic carbocycles.